The summed E-state index contributed by atoms with van der Waals surface area (Å²) in [7, 11) is -1.05. The molecule has 0 spiro atoms. The molecule has 1 aromatic rings. The van der Waals surface area contributed by atoms with Gasteiger partial charge in [-0.3, -0.25) is 4.21 Å². The fraction of sp³-hybridized carbons (Fsp3) is 0.222. The molecule has 0 aliphatic carbocycles. The van der Waals surface area contributed by atoms with Crippen LogP contribution in [0.1, 0.15) is 6.92 Å². The van der Waals surface area contributed by atoms with Crippen LogP contribution in [0.3, 0.4) is 0 Å². The molecule has 0 saturated carbocycles. The fourth-order valence-electron chi connectivity index (χ4n) is 0.795. The monoisotopic (exact) mass is 259 g/mol. The van der Waals surface area contributed by atoms with Gasteiger partial charge in [0.05, 0.1) is 16.6 Å². The van der Waals surface area contributed by atoms with Crippen molar-refractivity contribution in [3.8, 4) is 0 Å². The van der Waals surface area contributed by atoms with Crippen molar-refractivity contribution in [2.75, 3.05) is 5.75 Å². The Morgan fingerprint density at radius 3 is 2.85 bits per heavy atom. The van der Waals surface area contributed by atoms with Gasteiger partial charge in [0, 0.05) is 10.7 Å². The molecular formula is C9H10BrNOS. The van der Waals surface area contributed by atoms with Crippen LogP contribution in [0.15, 0.2) is 40.0 Å². The number of halogens is 1. The highest BCUT2D eigenvalue weighted by atomic mass is 79.9. The fourth-order valence-corrected chi connectivity index (χ4v) is 2.01. The Kier molecular flexibility index (Phi) is 3.81. The lowest BCUT2D eigenvalue weighted by atomic mass is 10.4. The highest BCUT2D eigenvalue weighted by Crippen LogP contribution is 2.11. The van der Waals surface area contributed by atoms with Gasteiger partial charge < -0.3 is 0 Å². The zero-order valence-corrected chi connectivity index (χ0v) is 9.69. The second-order valence-electron chi connectivity index (χ2n) is 2.76. The first-order valence-corrected chi connectivity index (χ1v) is 5.85. The van der Waals surface area contributed by atoms with Crippen LogP contribution in [-0.2, 0) is 10.8 Å². The maximum atomic E-state index is 11.5. The summed E-state index contributed by atoms with van der Waals surface area (Å²) in [4.78, 5) is 4.04. The zero-order valence-electron chi connectivity index (χ0n) is 7.29. The van der Waals surface area contributed by atoms with Crippen LogP contribution in [0.2, 0.25) is 0 Å². The molecule has 2 nitrogen and oxygen atoms in total. The zero-order chi connectivity index (χ0) is 9.84. The van der Waals surface area contributed by atoms with Gasteiger partial charge in [0.2, 0.25) is 0 Å². The number of nitrogens with zero attached hydrogens (tertiary/aromatic N) is 1. The number of rotatable bonds is 3. The molecule has 1 atom stereocenters. The van der Waals surface area contributed by atoms with Gasteiger partial charge in [0.25, 0.3) is 0 Å². The minimum Gasteiger partial charge on any atom is -0.252 e. The van der Waals surface area contributed by atoms with Gasteiger partial charge in [-0.25, -0.2) is 4.98 Å². The second kappa shape index (κ2) is 4.67. The molecule has 1 aromatic heterocycles. The standard InChI is InChI=1S/C9H10BrNOS/c1-7(2)6-13(12)9-4-3-8(10)5-11-9/h3-5H,1,6H2,2H3. The summed E-state index contributed by atoms with van der Waals surface area (Å²) in [5.74, 6) is 0.481. The van der Waals surface area contributed by atoms with Gasteiger partial charge in [0.1, 0.15) is 5.03 Å². The molecule has 0 amide bonds. The predicted molar refractivity (Wildman–Crippen MR) is 58.0 cm³/mol. The molecule has 0 aromatic carbocycles. The third kappa shape index (κ3) is 3.40. The van der Waals surface area contributed by atoms with Crippen molar-refractivity contribution in [1.82, 2.24) is 4.98 Å². The van der Waals surface area contributed by atoms with Crippen molar-refractivity contribution < 1.29 is 4.21 Å². The van der Waals surface area contributed by atoms with Gasteiger partial charge >= 0.3 is 0 Å². The smallest absolute Gasteiger partial charge is 0.127 e. The maximum absolute atomic E-state index is 11.5. The van der Waals surface area contributed by atoms with Gasteiger partial charge in [-0.1, -0.05) is 12.2 Å². The van der Waals surface area contributed by atoms with E-state index in [1.807, 2.05) is 13.0 Å². The van der Waals surface area contributed by atoms with E-state index in [-0.39, 0.29) is 0 Å². The van der Waals surface area contributed by atoms with Crippen molar-refractivity contribution in [1.29, 1.82) is 0 Å². The summed E-state index contributed by atoms with van der Waals surface area (Å²) >= 11 is 3.27. The molecule has 13 heavy (non-hydrogen) atoms. The molecule has 0 bridgehead atoms. The van der Waals surface area contributed by atoms with Crippen LogP contribution in [0.5, 0.6) is 0 Å². The van der Waals surface area contributed by atoms with Crippen LogP contribution >= 0.6 is 15.9 Å². The molecule has 1 heterocycles. The Morgan fingerprint density at radius 2 is 2.38 bits per heavy atom. The second-order valence-corrected chi connectivity index (χ2v) is 5.08. The minimum atomic E-state index is -1.05. The largest absolute Gasteiger partial charge is 0.252 e. The van der Waals surface area contributed by atoms with Crippen LogP contribution < -0.4 is 0 Å². The first-order chi connectivity index (χ1) is 6.09. The summed E-state index contributed by atoms with van der Waals surface area (Å²) in [6.45, 7) is 5.57. The Balaban J connectivity index is 2.78. The van der Waals surface area contributed by atoms with Gasteiger partial charge in [-0.05, 0) is 35.0 Å². The summed E-state index contributed by atoms with van der Waals surface area (Å²) in [5.41, 5.74) is 0.906. The lowest BCUT2D eigenvalue weighted by Gasteiger charge is -2.00. The van der Waals surface area contributed by atoms with Crippen LogP contribution in [0.4, 0.5) is 0 Å². The quantitative estimate of drug-likeness (QED) is 0.782. The Hall–Kier alpha value is -0.480. The highest BCUT2D eigenvalue weighted by molar-refractivity contribution is 9.10. The Labute approximate surface area is 88.7 Å². The van der Waals surface area contributed by atoms with E-state index < -0.39 is 10.8 Å². The molecule has 0 radical (unpaired) electrons. The first-order valence-electron chi connectivity index (χ1n) is 3.74. The van der Waals surface area contributed by atoms with Crippen molar-refractivity contribution in [3.05, 3.63) is 35.0 Å². The van der Waals surface area contributed by atoms with Crippen LogP contribution in [0.25, 0.3) is 0 Å². The molecule has 0 fully saturated rings. The minimum absolute atomic E-state index is 0.481. The third-order valence-corrected chi connectivity index (χ3v) is 3.24. The van der Waals surface area contributed by atoms with Crippen LogP contribution in [-0.4, -0.2) is 14.9 Å². The molecule has 4 heteroatoms. The van der Waals surface area contributed by atoms with E-state index in [0.717, 1.165) is 10.0 Å². The average Bonchev–Trinajstić information content (AvgIpc) is 2.04. The number of aromatic nitrogens is 1. The first kappa shape index (κ1) is 10.6. The van der Waals surface area contributed by atoms with Crippen molar-refractivity contribution in [2.45, 2.75) is 11.9 Å². The summed E-state index contributed by atoms with van der Waals surface area (Å²) < 4.78 is 12.4. The van der Waals surface area contributed by atoms with Crippen LogP contribution in [0, 0.1) is 0 Å². The Morgan fingerprint density at radius 1 is 1.69 bits per heavy atom. The van der Waals surface area contributed by atoms with E-state index >= 15 is 0 Å². The van der Waals surface area contributed by atoms with Crippen molar-refractivity contribution in [2.24, 2.45) is 0 Å². The summed E-state index contributed by atoms with van der Waals surface area (Å²) in [5, 5.41) is 0.603. The average molecular weight is 260 g/mol. The van der Waals surface area contributed by atoms with E-state index in [4.69, 9.17) is 0 Å². The summed E-state index contributed by atoms with van der Waals surface area (Å²) in [6.07, 6.45) is 1.64. The SMILES string of the molecule is C=C(C)CS(=O)c1ccc(Br)cn1. The molecule has 0 aliphatic rings. The molecule has 0 saturated heterocycles. The summed E-state index contributed by atoms with van der Waals surface area (Å²) in [6, 6.07) is 3.59. The van der Waals surface area contributed by atoms with E-state index in [1.165, 1.54) is 0 Å². The molecule has 0 aliphatic heterocycles. The number of hydrogen-bond donors (Lipinski definition) is 0. The van der Waals surface area contributed by atoms with E-state index in [1.54, 1.807) is 12.3 Å². The van der Waals surface area contributed by atoms with Gasteiger partial charge in [-0.15, -0.1) is 0 Å². The molecule has 0 N–H and O–H groups in total. The molecular weight excluding hydrogens is 250 g/mol. The van der Waals surface area contributed by atoms with Crippen molar-refractivity contribution in [3.63, 3.8) is 0 Å². The highest BCUT2D eigenvalue weighted by Gasteiger charge is 2.04. The van der Waals surface area contributed by atoms with E-state index in [9.17, 15) is 4.21 Å². The third-order valence-electron chi connectivity index (χ3n) is 1.31. The predicted octanol–water partition coefficient (Wildman–Crippen LogP) is 2.53. The van der Waals surface area contributed by atoms with Crippen molar-refractivity contribution >= 4 is 26.7 Å². The van der Waals surface area contributed by atoms with Gasteiger partial charge in [-0.2, -0.15) is 0 Å². The van der Waals surface area contributed by atoms with E-state index in [0.29, 0.717) is 10.8 Å². The van der Waals surface area contributed by atoms with Gasteiger partial charge in [0.15, 0.2) is 0 Å². The van der Waals surface area contributed by atoms with E-state index in [2.05, 4.69) is 27.5 Å². The molecule has 1 rings (SSSR count). The Bertz CT molecular complexity index is 334. The maximum Gasteiger partial charge on any atom is 0.127 e. The number of hydrogen-bond acceptors (Lipinski definition) is 2. The molecule has 1 unspecified atom stereocenters. The number of pyridine rings is 1. The molecule has 70 valence electrons. The topological polar surface area (TPSA) is 30.0 Å². The lowest BCUT2D eigenvalue weighted by molar-refractivity contribution is 0.681. The lowest BCUT2D eigenvalue weighted by Crippen LogP contribution is -2.00. The normalized spacial score (nSPS) is 12.5.